The lowest BCUT2D eigenvalue weighted by atomic mass is 10.0. The largest absolute Gasteiger partial charge is 0.346 e. The number of carbonyl (C=O) groups excluding carboxylic acids is 1. The number of hydrogen-bond acceptors (Lipinski definition) is 3. The van der Waals surface area contributed by atoms with Gasteiger partial charge in [0.25, 0.3) is 5.91 Å². The summed E-state index contributed by atoms with van der Waals surface area (Å²) in [6.07, 6.45) is 0.777. The van der Waals surface area contributed by atoms with E-state index in [1.165, 1.54) is 16.7 Å². The monoisotopic (exact) mass is 366 g/mol. The molecule has 0 saturated carbocycles. The number of benzene rings is 2. The molecule has 0 aliphatic carbocycles. The Morgan fingerprint density at radius 1 is 1.07 bits per heavy atom. The number of hydrazine groups is 1. The fraction of sp³-hybridized carbons (Fsp3) is 0.435. The minimum Gasteiger partial charge on any atom is -0.346 e. The van der Waals surface area contributed by atoms with Gasteiger partial charge in [0, 0.05) is 11.1 Å². The number of amides is 1. The van der Waals surface area contributed by atoms with Gasteiger partial charge in [-0.1, -0.05) is 48.4 Å². The molecule has 1 fully saturated rings. The highest BCUT2D eigenvalue weighted by atomic mass is 16.6. The third-order valence-electron chi connectivity index (χ3n) is 4.86. The second kappa shape index (κ2) is 7.45. The van der Waals surface area contributed by atoms with Gasteiger partial charge in [-0.05, 0) is 64.3 Å². The first kappa shape index (κ1) is 19.6. The van der Waals surface area contributed by atoms with Gasteiger partial charge in [0.1, 0.15) is 6.10 Å². The van der Waals surface area contributed by atoms with E-state index in [2.05, 4.69) is 65.2 Å². The van der Waals surface area contributed by atoms with Gasteiger partial charge in [-0.25, -0.2) is 0 Å². The molecule has 2 aromatic carbocycles. The highest BCUT2D eigenvalue weighted by Gasteiger charge is 2.49. The van der Waals surface area contributed by atoms with Crippen molar-refractivity contribution in [3.05, 3.63) is 70.3 Å². The highest BCUT2D eigenvalue weighted by Crippen LogP contribution is 2.43. The van der Waals surface area contributed by atoms with Gasteiger partial charge in [-0.3, -0.25) is 10.2 Å². The zero-order valence-electron chi connectivity index (χ0n) is 17.2. The molecule has 4 nitrogen and oxygen atoms in total. The first-order valence-corrected chi connectivity index (χ1v) is 9.62. The molecule has 0 bridgehead atoms. The average Bonchev–Trinajstić information content (AvgIpc) is 3.38. The van der Waals surface area contributed by atoms with Gasteiger partial charge >= 0.3 is 0 Å². The summed E-state index contributed by atoms with van der Waals surface area (Å²) < 4.78 is 5.99. The third-order valence-corrected chi connectivity index (χ3v) is 4.86. The molecular formula is C23H30N2O2. The molecule has 144 valence electrons. The van der Waals surface area contributed by atoms with Gasteiger partial charge in [-0.2, -0.15) is 5.01 Å². The summed E-state index contributed by atoms with van der Waals surface area (Å²) in [6, 6.07) is 14.2. The Hall–Kier alpha value is -2.17. The summed E-state index contributed by atoms with van der Waals surface area (Å²) in [6.45, 7) is 12.5. The maximum Gasteiger partial charge on any atom is 0.265 e. The number of rotatable bonds is 5. The van der Waals surface area contributed by atoms with Crippen LogP contribution in [-0.2, 0) is 11.2 Å². The van der Waals surface area contributed by atoms with Gasteiger partial charge in [-0.15, -0.1) is 0 Å². The minimum atomic E-state index is -0.267. The average molecular weight is 367 g/mol. The maximum atomic E-state index is 12.8. The molecule has 2 aromatic rings. The Balaban J connectivity index is 1.76. The lowest BCUT2D eigenvalue weighted by molar-refractivity contribution is 0.0202. The second-order valence-electron chi connectivity index (χ2n) is 8.40. The van der Waals surface area contributed by atoms with Crippen molar-refractivity contribution in [3.8, 4) is 0 Å². The molecule has 1 saturated heterocycles. The van der Waals surface area contributed by atoms with E-state index in [4.69, 9.17) is 4.74 Å². The molecule has 4 heteroatoms. The predicted octanol–water partition coefficient (Wildman–Crippen LogP) is 4.71. The van der Waals surface area contributed by atoms with Crippen molar-refractivity contribution in [2.75, 3.05) is 0 Å². The lowest BCUT2D eigenvalue weighted by Crippen LogP contribution is -2.54. The molecule has 1 aliphatic rings. The second-order valence-corrected chi connectivity index (χ2v) is 8.40. The fourth-order valence-corrected chi connectivity index (χ4v) is 3.40. The van der Waals surface area contributed by atoms with Gasteiger partial charge < -0.3 is 4.74 Å². The number of nitrogens with one attached hydrogen (secondary N) is 1. The van der Waals surface area contributed by atoms with Crippen molar-refractivity contribution in [3.63, 3.8) is 0 Å². The van der Waals surface area contributed by atoms with E-state index in [0.29, 0.717) is 5.56 Å². The van der Waals surface area contributed by atoms with Crippen molar-refractivity contribution >= 4 is 5.91 Å². The van der Waals surface area contributed by atoms with E-state index in [1.807, 2.05) is 29.3 Å². The Morgan fingerprint density at radius 2 is 1.67 bits per heavy atom. The first-order valence-electron chi connectivity index (χ1n) is 9.62. The zero-order valence-corrected chi connectivity index (χ0v) is 17.2. The predicted molar refractivity (Wildman–Crippen MR) is 108 cm³/mol. The van der Waals surface area contributed by atoms with Crippen molar-refractivity contribution < 1.29 is 9.53 Å². The number of carbonyl (C=O) groups is 1. The summed E-state index contributed by atoms with van der Waals surface area (Å²) in [5.74, 6) is -0.109. The van der Waals surface area contributed by atoms with Crippen LogP contribution < -0.4 is 5.43 Å². The standard InChI is InChI=1S/C23H30N2O2/c1-7-17-8-10-18(11-9-17)21(26)24-25(23(4,5)6)22-20(27-22)19-13-15(2)12-16(3)14-19/h8-14,20,22H,7H2,1-6H3,(H,24,26). The van der Waals surface area contributed by atoms with Crippen molar-refractivity contribution in [2.45, 2.75) is 65.8 Å². The van der Waals surface area contributed by atoms with Gasteiger partial charge in [0.05, 0.1) is 0 Å². The van der Waals surface area contributed by atoms with E-state index >= 15 is 0 Å². The number of hydrogen-bond donors (Lipinski definition) is 1. The quantitative estimate of drug-likeness (QED) is 0.616. The van der Waals surface area contributed by atoms with Crippen LogP contribution in [0.2, 0.25) is 0 Å². The van der Waals surface area contributed by atoms with Crippen molar-refractivity contribution in [2.24, 2.45) is 0 Å². The van der Waals surface area contributed by atoms with E-state index in [1.54, 1.807) is 0 Å². The molecule has 1 heterocycles. The molecule has 0 radical (unpaired) electrons. The summed E-state index contributed by atoms with van der Waals surface area (Å²) >= 11 is 0. The molecule has 1 N–H and O–H groups in total. The number of nitrogens with zero attached hydrogens (tertiary/aromatic N) is 1. The molecule has 2 atom stereocenters. The van der Waals surface area contributed by atoms with Gasteiger partial charge in [0.15, 0.2) is 6.23 Å². The highest BCUT2D eigenvalue weighted by molar-refractivity contribution is 5.93. The van der Waals surface area contributed by atoms with Crippen LogP contribution in [0.4, 0.5) is 0 Å². The van der Waals surface area contributed by atoms with Crippen LogP contribution in [0.15, 0.2) is 42.5 Å². The van der Waals surface area contributed by atoms with Crippen LogP contribution in [0.1, 0.15) is 66.4 Å². The Kier molecular flexibility index (Phi) is 5.41. The number of aryl methyl sites for hydroxylation is 3. The Labute approximate surface area is 162 Å². The van der Waals surface area contributed by atoms with Crippen LogP contribution in [0.5, 0.6) is 0 Å². The molecule has 0 aromatic heterocycles. The normalized spacial score (nSPS) is 19.2. The van der Waals surface area contributed by atoms with Crippen LogP contribution >= 0.6 is 0 Å². The Morgan fingerprint density at radius 3 is 2.19 bits per heavy atom. The maximum absolute atomic E-state index is 12.8. The molecule has 2 unspecified atom stereocenters. The lowest BCUT2D eigenvalue weighted by Gasteiger charge is -2.34. The molecule has 27 heavy (non-hydrogen) atoms. The summed E-state index contributed by atoms with van der Waals surface area (Å²) in [5, 5.41) is 1.94. The minimum absolute atomic E-state index is 0.0226. The zero-order chi connectivity index (χ0) is 19.8. The van der Waals surface area contributed by atoms with E-state index in [0.717, 1.165) is 12.0 Å². The number of ether oxygens (including phenoxy) is 1. The van der Waals surface area contributed by atoms with Crippen LogP contribution in [0.3, 0.4) is 0 Å². The molecule has 3 rings (SSSR count). The first-order chi connectivity index (χ1) is 12.7. The van der Waals surface area contributed by atoms with E-state index in [9.17, 15) is 4.79 Å². The topological polar surface area (TPSA) is 44.9 Å². The molecular weight excluding hydrogens is 336 g/mol. The molecule has 1 aliphatic heterocycles. The number of epoxide rings is 1. The molecule has 1 amide bonds. The van der Waals surface area contributed by atoms with Crippen molar-refractivity contribution in [1.82, 2.24) is 10.4 Å². The SMILES string of the molecule is CCc1ccc(C(=O)NN(C2OC2c2cc(C)cc(C)c2)C(C)(C)C)cc1. The van der Waals surface area contributed by atoms with Gasteiger partial charge in [0.2, 0.25) is 0 Å². The van der Waals surface area contributed by atoms with Crippen LogP contribution in [-0.4, -0.2) is 22.7 Å². The van der Waals surface area contributed by atoms with E-state index in [-0.39, 0.29) is 23.8 Å². The van der Waals surface area contributed by atoms with Crippen LogP contribution in [0.25, 0.3) is 0 Å². The Bertz CT molecular complexity index is 801. The molecule has 0 spiro atoms. The van der Waals surface area contributed by atoms with Crippen LogP contribution in [0, 0.1) is 13.8 Å². The summed E-state index contributed by atoms with van der Waals surface area (Å²) in [5.41, 5.74) is 8.29. The summed E-state index contributed by atoms with van der Waals surface area (Å²) in [7, 11) is 0. The van der Waals surface area contributed by atoms with E-state index < -0.39 is 0 Å². The van der Waals surface area contributed by atoms with Crippen molar-refractivity contribution in [1.29, 1.82) is 0 Å². The third kappa shape index (κ3) is 4.57. The smallest absolute Gasteiger partial charge is 0.265 e. The summed E-state index contributed by atoms with van der Waals surface area (Å²) in [4.78, 5) is 12.8. The fourth-order valence-electron chi connectivity index (χ4n) is 3.40.